The summed E-state index contributed by atoms with van der Waals surface area (Å²) < 4.78 is 0. The monoisotopic (exact) mass is 200 g/mol. The Morgan fingerprint density at radius 1 is 1.08 bits per heavy atom. The van der Waals surface area contributed by atoms with Crippen molar-refractivity contribution < 1.29 is 0 Å². The highest BCUT2D eigenvalue weighted by Gasteiger charge is 2.55. The van der Waals surface area contributed by atoms with Gasteiger partial charge in [-0.05, 0) is 5.04 Å². The lowest BCUT2D eigenvalue weighted by Gasteiger charge is -2.58. The van der Waals surface area contributed by atoms with Crippen molar-refractivity contribution in [3.8, 4) is 0 Å². The number of hydrogen-bond acceptors (Lipinski definition) is 0. The molecule has 1 saturated heterocycles. The van der Waals surface area contributed by atoms with Crippen LogP contribution in [0.5, 0.6) is 0 Å². The van der Waals surface area contributed by atoms with E-state index in [1.54, 1.807) is 18.1 Å². The SMILES string of the molecule is CCC1(CC)C[SiH2][Si]1(CC)CC. The summed E-state index contributed by atoms with van der Waals surface area (Å²) in [5.74, 6) is 0. The van der Waals surface area contributed by atoms with E-state index in [1.165, 1.54) is 12.8 Å². The molecule has 1 fully saturated rings. The quantitative estimate of drug-likeness (QED) is 0.612. The summed E-state index contributed by atoms with van der Waals surface area (Å²) in [6.07, 6.45) is 2.98. The maximum absolute atomic E-state index is 2.47. The Morgan fingerprint density at radius 3 is 1.67 bits per heavy atom. The topological polar surface area (TPSA) is 0 Å². The van der Waals surface area contributed by atoms with Crippen LogP contribution >= 0.6 is 0 Å². The van der Waals surface area contributed by atoms with Crippen molar-refractivity contribution in [1.29, 1.82) is 0 Å². The lowest BCUT2D eigenvalue weighted by molar-refractivity contribution is 0.522. The number of rotatable bonds is 4. The van der Waals surface area contributed by atoms with Crippen LogP contribution in [0.1, 0.15) is 40.5 Å². The molecule has 0 aromatic carbocycles. The van der Waals surface area contributed by atoms with E-state index in [1.807, 2.05) is 0 Å². The van der Waals surface area contributed by atoms with Gasteiger partial charge in [0, 0.05) is 16.6 Å². The zero-order valence-corrected chi connectivity index (χ0v) is 11.7. The molecule has 1 heterocycles. The van der Waals surface area contributed by atoms with Gasteiger partial charge in [0.2, 0.25) is 0 Å². The maximum atomic E-state index is 2.47. The lowest BCUT2D eigenvalue weighted by atomic mass is 10.0. The van der Waals surface area contributed by atoms with Crippen molar-refractivity contribution in [2.45, 2.75) is 63.7 Å². The van der Waals surface area contributed by atoms with Gasteiger partial charge >= 0.3 is 0 Å². The fourth-order valence-electron chi connectivity index (χ4n) is 3.54. The van der Waals surface area contributed by atoms with Crippen LogP contribution in [0, 0.1) is 0 Å². The fourth-order valence-corrected chi connectivity index (χ4v) is 18.7. The second-order valence-electron chi connectivity index (χ2n) is 4.47. The van der Waals surface area contributed by atoms with Gasteiger partial charge in [-0.3, -0.25) is 0 Å². The Morgan fingerprint density at radius 2 is 1.58 bits per heavy atom. The Hall–Kier alpha value is 0.434. The van der Waals surface area contributed by atoms with Gasteiger partial charge in [-0.25, -0.2) is 0 Å². The first-order valence-corrected chi connectivity index (χ1v) is 11.4. The molecule has 0 unspecified atom stereocenters. The maximum Gasteiger partial charge on any atom is 0.0454 e. The largest absolute Gasteiger partial charge is 0.0680 e. The van der Waals surface area contributed by atoms with Gasteiger partial charge in [0.1, 0.15) is 0 Å². The summed E-state index contributed by atoms with van der Waals surface area (Å²) >= 11 is 0. The van der Waals surface area contributed by atoms with E-state index in [0.29, 0.717) is 9.04 Å². The average molecular weight is 200 g/mol. The first-order valence-electron chi connectivity index (χ1n) is 5.70. The van der Waals surface area contributed by atoms with Gasteiger partial charge in [0.25, 0.3) is 0 Å². The molecule has 1 rings (SSSR count). The third kappa shape index (κ3) is 1.15. The third-order valence-corrected chi connectivity index (χ3v) is 22.4. The Labute approximate surface area is 80.8 Å². The van der Waals surface area contributed by atoms with Crippen molar-refractivity contribution in [3.63, 3.8) is 0 Å². The first kappa shape index (κ1) is 10.5. The van der Waals surface area contributed by atoms with Crippen LogP contribution in [0.25, 0.3) is 0 Å². The first-order chi connectivity index (χ1) is 5.70. The Bertz CT molecular complexity index is 117. The van der Waals surface area contributed by atoms with Gasteiger partial charge in [-0.15, -0.1) is 0 Å². The molecule has 0 bridgehead atoms. The molecular weight excluding hydrogens is 176 g/mol. The molecule has 12 heavy (non-hydrogen) atoms. The minimum absolute atomic E-state index is 0.425. The Kier molecular flexibility index (Phi) is 3.21. The summed E-state index contributed by atoms with van der Waals surface area (Å²) in [4.78, 5) is 0. The standard InChI is InChI=1S/C10H24Si2/c1-5-10(6-2)9-11-12(10,7-3)8-4/h5-9,11H2,1-4H3. The highest BCUT2D eigenvalue weighted by molar-refractivity contribution is 7.31. The van der Waals surface area contributed by atoms with Gasteiger partial charge < -0.3 is 0 Å². The van der Waals surface area contributed by atoms with E-state index in [9.17, 15) is 0 Å². The summed E-state index contributed by atoms with van der Waals surface area (Å²) in [6, 6.07) is 4.88. The average Bonchev–Trinajstić information content (AvgIpc) is 2.08. The van der Waals surface area contributed by atoms with Crippen LogP contribution in [0.3, 0.4) is 0 Å². The van der Waals surface area contributed by atoms with E-state index >= 15 is 0 Å². The molecule has 0 saturated carbocycles. The van der Waals surface area contributed by atoms with Crippen molar-refractivity contribution in [1.82, 2.24) is 0 Å². The van der Waals surface area contributed by atoms with Gasteiger partial charge in [0.15, 0.2) is 0 Å². The smallest absolute Gasteiger partial charge is 0.0454 e. The number of hydrogen-bond donors (Lipinski definition) is 0. The summed E-state index contributed by atoms with van der Waals surface area (Å²) in [6.45, 7) is 9.82. The summed E-state index contributed by atoms with van der Waals surface area (Å²) in [5.41, 5.74) is 0. The van der Waals surface area contributed by atoms with Crippen LogP contribution < -0.4 is 0 Å². The molecule has 0 aromatic rings. The molecule has 0 aliphatic carbocycles. The molecule has 0 N–H and O–H groups in total. The minimum Gasteiger partial charge on any atom is -0.0680 e. The van der Waals surface area contributed by atoms with E-state index in [4.69, 9.17) is 0 Å². The normalized spacial score (nSPS) is 27.0. The molecule has 0 radical (unpaired) electrons. The summed E-state index contributed by atoms with van der Waals surface area (Å²) in [5, 5.41) is 0.919. The second kappa shape index (κ2) is 3.66. The molecule has 1 aliphatic heterocycles. The van der Waals surface area contributed by atoms with E-state index in [2.05, 4.69) is 27.7 Å². The predicted molar refractivity (Wildman–Crippen MR) is 63.3 cm³/mol. The molecule has 0 nitrogen and oxygen atoms in total. The third-order valence-electron chi connectivity index (χ3n) is 4.91. The lowest BCUT2D eigenvalue weighted by Crippen LogP contribution is -2.61. The van der Waals surface area contributed by atoms with Crippen molar-refractivity contribution >= 4 is 16.6 Å². The van der Waals surface area contributed by atoms with Crippen LogP contribution in [0.4, 0.5) is 0 Å². The molecular formula is C10H24Si2. The molecule has 0 atom stereocenters. The van der Waals surface area contributed by atoms with Crippen LogP contribution in [-0.2, 0) is 0 Å². The van der Waals surface area contributed by atoms with Crippen LogP contribution in [-0.4, -0.2) is 16.6 Å². The van der Waals surface area contributed by atoms with Gasteiger partial charge in [-0.1, -0.05) is 58.7 Å². The highest BCUT2D eigenvalue weighted by Crippen LogP contribution is 2.58. The van der Waals surface area contributed by atoms with Gasteiger partial charge in [0.05, 0.1) is 0 Å². The molecule has 0 spiro atoms. The molecule has 2 heteroatoms. The van der Waals surface area contributed by atoms with Crippen molar-refractivity contribution in [3.05, 3.63) is 0 Å². The molecule has 0 aromatic heterocycles. The summed E-state index contributed by atoms with van der Waals surface area (Å²) in [7, 11) is -0.207. The second-order valence-corrected chi connectivity index (χ2v) is 16.1. The molecule has 72 valence electrons. The van der Waals surface area contributed by atoms with E-state index in [0.717, 1.165) is 5.04 Å². The zero-order valence-electron chi connectivity index (χ0n) is 9.24. The van der Waals surface area contributed by atoms with Crippen molar-refractivity contribution in [2.24, 2.45) is 0 Å². The molecule has 1 aliphatic rings. The highest BCUT2D eigenvalue weighted by atomic mass is 29.2. The molecule has 0 amide bonds. The van der Waals surface area contributed by atoms with Crippen LogP contribution in [0.2, 0.25) is 23.2 Å². The Balaban J connectivity index is 2.77. The minimum atomic E-state index is -0.632. The van der Waals surface area contributed by atoms with Crippen LogP contribution in [0.15, 0.2) is 0 Å². The van der Waals surface area contributed by atoms with E-state index in [-0.39, 0.29) is 0 Å². The fraction of sp³-hybridized carbons (Fsp3) is 1.00. The zero-order chi connectivity index (χ0) is 9.24. The van der Waals surface area contributed by atoms with Crippen molar-refractivity contribution in [2.75, 3.05) is 0 Å². The van der Waals surface area contributed by atoms with Gasteiger partial charge in [-0.2, -0.15) is 0 Å². The predicted octanol–water partition coefficient (Wildman–Crippen LogP) is 3.13. The van der Waals surface area contributed by atoms with E-state index < -0.39 is 7.59 Å².